The van der Waals surface area contributed by atoms with Crippen LogP contribution in [0.5, 0.6) is 0 Å². The number of hydrogen-bond donors (Lipinski definition) is 3. The maximum atomic E-state index is 11.3. The number of nitrogen functional groups attached to an aromatic ring is 1. The molecular formula is C11H14N4OS. The molecule has 17 heavy (non-hydrogen) atoms. The van der Waals surface area contributed by atoms with Crippen molar-refractivity contribution in [1.82, 2.24) is 0 Å². The van der Waals surface area contributed by atoms with Crippen molar-refractivity contribution in [3.63, 3.8) is 0 Å². The van der Waals surface area contributed by atoms with Crippen LogP contribution in [-0.4, -0.2) is 11.9 Å². The molecule has 0 unspecified atom stereocenters. The van der Waals surface area contributed by atoms with E-state index in [2.05, 4.69) is 5.32 Å². The van der Waals surface area contributed by atoms with Crippen molar-refractivity contribution >= 4 is 27.9 Å². The van der Waals surface area contributed by atoms with E-state index < -0.39 is 5.91 Å². The Bertz CT molecular complexity index is 482. The number of nitrogens with zero attached hydrogens (tertiary/aromatic N) is 1. The highest BCUT2D eigenvalue weighted by molar-refractivity contribution is 7.17. The highest BCUT2D eigenvalue weighted by Gasteiger charge is 2.23. The molecule has 1 heterocycles. The van der Waals surface area contributed by atoms with Crippen LogP contribution in [0.3, 0.4) is 0 Å². The van der Waals surface area contributed by atoms with Gasteiger partial charge in [0.25, 0.3) is 5.91 Å². The first-order valence-electron chi connectivity index (χ1n) is 5.52. The van der Waals surface area contributed by atoms with E-state index in [0.717, 1.165) is 12.8 Å². The lowest BCUT2D eigenvalue weighted by molar-refractivity contribution is 0.100. The summed E-state index contributed by atoms with van der Waals surface area (Å²) in [5.41, 5.74) is 11.5. The summed E-state index contributed by atoms with van der Waals surface area (Å²) in [5, 5.41) is 12.8. The number of carbonyl (C=O) groups excluding carboxylic acids is 1. The van der Waals surface area contributed by atoms with Gasteiger partial charge in [0.15, 0.2) is 0 Å². The molecule has 1 fully saturated rings. The number of primary amides is 1. The molecule has 2 rings (SSSR count). The summed E-state index contributed by atoms with van der Waals surface area (Å²) in [6.45, 7) is 0. The summed E-state index contributed by atoms with van der Waals surface area (Å²) in [5.74, 6) is -0.583. The topological polar surface area (TPSA) is 105 Å². The largest absolute Gasteiger partial charge is 0.396 e. The Kier molecular flexibility index (Phi) is 3.20. The van der Waals surface area contributed by atoms with E-state index in [9.17, 15) is 4.79 Å². The van der Waals surface area contributed by atoms with Gasteiger partial charge in [-0.25, -0.2) is 0 Å². The summed E-state index contributed by atoms with van der Waals surface area (Å²) in [6, 6.07) is 2.34. The first kappa shape index (κ1) is 11.7. The van der Waals surface area contributed by atoms with Crippen molar-refractivity contribution in [2.75, 3.05) is 11.1 Å². The van der Waals surface area contributed by atoms with Crippen LogP contribution < -0.4 is 16.8 Å². The van der Waals surface area contributed by atoms with Crippen LogP contribution in [0.2, 0.25) is 0 Å². The molecule has 1 aromatic heterocycles. The van der Waals surface area contributed by atoms with E-state index in [-0.39, 0.29) is 11.3 Å². The molecule has 90 valence electrons. The van der Waals surface area contributed by atoms with Gasteiger partial charge in [-0.3, -0.25) is 4.79 Å². The Balaban J connectivity index is 2.32. The maximum Gasteiger partial charge on any atom is 0.253 e. The summed E-state index contributed by atoms with van der Waals surface area (Å²) in [6.07, 6.45) is 4.54. The lowest BCUT2D eigenvalue weighted by Crippen LogP contribution is -2.19. The van der Waals surface area contributed by atoms with Crippen molar-refractivity contribution < 1.29 is 4.79 Å². The van der Waals surface area contributed by atoms with Crippen molar-refractivity contribution in [1.29, 1.82) is 5.26 Å². The van der Waals surface area contributed by atoms with Crippen LogP contribution in [0.15, 0.2) is 0 Å². The smallest absolute Gasteiger partial charge is 0.253 e. The van der Waals surface area contributed by atoms with Gasteiger partial charge in [-0.05, 0) is 12.8 Å². The molecule has 0 aromatic carbocycles. The highest BCUT2D eigenvalue weighted by atomic mass is 32.1. The van der Waals surface area contributed by atoms with Crippen LogP contribution in [-0.2, 0) is 0 Å². The Morgan fingerprint density at radius 3 is 2.65 bits per heavy atom. The second-order valence-corrected chi connectivity index (χ2v) is 5.17. The second kappa shape index (κ2) is 4.63. The predicted molar refractivity (Wildman–Crippen MR) is 67.8 cm³/mol. The first-order chi connectivity index (χ1) is 8.13. The SMILES string of the molecule is N#Cc1sc(NC2CCCC2)c(C(N)=O)c1N. The molecule has 0 bridgehead atoms. The number of nitrogens with one attached hydrogen (secondary N) is 1. The number of hydrogen-bond acceptors (Lipinski definition) is 5. The monoisotopic (exact) mass is 250 g/mol. The molecule has 0 spiro atoms. The van der Waals surface area contributed by atoms with E-state index in [1.54, 1.807) is 0 Å². The Hall–Kier alpha value is -1.74. The zero-order chi connectivity index (χ0) is 12.4. The number of nitriles is 1. The van der Waals surface area contributed by atoms with Crippen molar-refractivity contribution in [2.45, 2.75) is 31.7 Å². The quantitative estimate of drug-likeness (QED) is 0.758. The fraction of sp³-hybridized carbons (Fsp3) is 0.455. The van der Waals surface area contributed by atoms with Crippen LogP contribution >= 0.6 is 11.3 Å². The van der Waals surface area contributed by atoms with E-state index in [0.29, 0.717) is 15.9 Å². The van der Waals surface area contributed by atoms with Crippen LogP contribution in [0.4, 0.5) is 10.7 Å². The van der Waals surface area contributed by atoms with Crippen molar-refractivity contribution in [2.24, 2.45) is 5.73 Å². The van der Waals surface area contributed by atoms with Gasteiger partial charge in [-0.2, -0.15) is 5.26 Å². The average Bonchev–Trinajstić information content (AvgIpc) is 2.87. The van der Waals surface area contributed by atoms with Gasteiger partial charge in [-0.1, -0.05) is 12.8 Å². The Morgan fingerprint density at radius 1 is 1.47 bits per heavy atom. The van der Waals surface area contributed by atoms with Crippen LogP contribution in [0.25, 0.3) is 0 Å². The number of thiophene rings is 1. The fourth-order valence-electron chi connectivity index (χ4n) is 2.13. The minimum absolute atomic E-state index is 0.200. The summed E-state index contributed by atoms with van der Waals surface area (Å²) >= 11 is 1.20. The Morgan fingerprint density at radius 2 is 2.12 bits per heavy atom. The average molecular weight is 250 g/mol. The van der Waals surface area contributed by atoms with E-state index in [1.807, 2.05) is 6.07 Å². The molecule has 0 atom stereocenters. The molecule has 5 N–H and O–H groups in total. The third-order valence-electron chi connectivity index (χ3n) is 2.98. The van der Waals surface area contributed by atoms with Crippen molar-refractivity contribution in [3.05, 3.63) is 10.4 Å². The molecular weight excluding hydrogens is 236 g/mol. The third-order valence-corrected chi connectivity index (χ3v) is 4.02. The molecule has 0 saturated heterocycles. The molecule has 1 aromatic rings. The minimum Gasteiger partial charge on any atom is -0.396 e. The minimum atomic E-state index is -0.583. The van der Waals surface area contributed by atoms with Gasteiger partial charge < -0.3 is 16.8 Å². The zero-order valence-electron chi connectivity index (χ0n) is 9.32. The first-order valence-corrected chi connectivity index (χ1v) is 6.33. The number of rotatable bonds is 3. The maximum absolute atomic E-state index is 11.3. The summed E-state index contributed by atoms with van der Waals surface area (Å²) in [7, 11) is 0. The number of carbonyl (C=O) groups is 1. The van der Waals surface area contributed by atoms with Crippen LogP contribution in [0.1, 0.15) is 40.9 Å². The molecule has 5 nitrogen and oxygen atoms in total. The number of nitrogens with two attached hydrogens (primary N) is 2. The van der Waals surface area contributed by atoms with Gasteiger partial charge in [0.1, 0.15) is 15.9 Å². The molecule has 1 aliphatic rings. The molecule has 1 saturated carbocycles. The van der Waals surface area contributed by atoms with E-state index in [1.165, 1.54) is 24.2 Å². The van der Waals surface area contributed by atoms with E-state index in [4.69, 9.17) is 16.7 Å². The fourth-order valence-corrected chi connectivity index (χ4v) is 3.13. The molecule has 6 heteroatoms. The molecule has 0 radical (unpaired) electrons. The molecule has 0 aliphatic heterocycles. The molecule has 1 aliphatic carbocycles. The third kappa shape index (κ3) is 2.19. The van der Waals surface area contributed by atoms with E-state index >= 15 is 0 Å². The zero-order valence-corrected chi connectivity index (χ0v) is 10.1. The van der Waals surface area contributed by atoms with Gasteiger partial charge in [0.2, 0.25) is 0 Å². The highest BCUT2D eigenvalue weighted by Crippen LogP contribution is 2.36. The molecule has 1 amide bonds. The number of anilines is 2. The predicted octanol–water partition coefficient (Wildman–Crippen LogP) is 1.66. The van der Waals surface area contributed by atoms with Gasteiger partial charge in [0.05, 0.1) is 11.3 Å². The Labute approximate surface area is 103 Å². The number of amides is 1. The van der Waals surface area contributed by atoms with Crippen molar-refractivity contribution in [3.8, 4) is 6.07 Å². The normalized spacial score (nSPS) is 15.7. The van der Waals surface area contributed by atoms with Gasteiger partial charge in [0, 0.05) is 6.04 Å². The second-order valence-electron chi connectivity index (χ2n) is 4.15. The lowest BCUT2D eigenvalue weighted by Gasteiger charge is -2.12. The van der Waals surface area contributed by atoms with Gasteiger partial charge >= 0.3 is 0 Å². The van der Waals surface area contributed by atoms with Crippen LogP contribution in [0, 0.1) is 11.3 Å². The lowest BCUT2D eigenvalue weighted by atomic mass is 10.2. The summed E-state index contributed by atoms with van der Waals surface area (Å²) < 4.78 is 0. The van der Waals surface area contributed by atoms with Gasteiger partial charge in [-0.15, -0.1) is 11.3 Å². The standard InChI is InChI=1S/C11H14N4OS/c12-5-7-9(13)8(10(14)16)11(17-7)15-6-3-1-2-4-6/h6,15H,1-4,13H2,(H2,14,16). The summed E-state index contributed by atoms with van der Waals surface area (Å²) in [4.78, 5) is 11.7.